The number of hydrogen-bond acceptors (Lipinski definition) is 7. The number of carbonyl (C=O) groups excluding carboxylic acids is 1. The van der Waals surface area contributed by atoms with E-state index >= 15 is 0 Å². The fourth-order valence-electron chi connectivity index (χ4n) is 2.92. The Labute approximate surface area is 169 Å². The largest absolute Gasteiger partial charge is 0.493 e. The van der Waals surface area contributed by atoms with Gasteiger partial charge in [-0.1, -0.05) is 18.2 Å². The lowest BCUT2D eigenvalue weighted by Gasteiger charge is -2.25. The zero-order valence-electron chi connectivity index (χ0n) is 17.0. The Kier molecular flexibility index (Phi) is 6.01. The number of likely N-dealkylation sites (N-methyl/N-ethyl adjacent to an activating group) is 1. The number of nitrogens with two attached hydrogens (primary N) is 1. The molecular weight excluding hydrogens is 370 g/mol. The van der Waals surface area contributed by atoms with Gasteiger partial charge < -0.3 is 25.4 Å². The molecule has 0 aliphatic carbocycles. The lowest BCUT2D eigenvalue weighted by atomic mass is 10.2. The topological polar surface area (TPSA) is 103 Å². The lowest BCUT2D eigenvalue weighted by molar-refractivity contribution is 0.0751. The quantitative estimate of drug-likeness (QED) is 0.634. The number of fused-ring (bicyclic) bond motifs is 1. The lowest BCUT2D eigenvalue weighted by Crippen LogP contribution is -2.39. The van der Waals surface area contributed by atoms with Crippen LogP contribution in [0.25, 0.3) is 10.9 Å². The first-order valence-electron chi connectivity index (χ1n) is 9.20. The Bertz CT molecular complexity index is 1010. The molecule has 1 aromatic heterocycles. The number of anilines is 2. The van der Waals surface area contributed by atoms with Crippen LogP contribution in [0.2, 0.25) is 0 Å². The Morgan fingerprint density at radius 3 is 2.45 bits per heavy atom. The molecule has 29 heavy (non-hydrogen) atoms. The van der Waals surface area contributed by atoms with Crippen molar-refractivity contribution in [3.8, 4) is 11.5 Å². The van der Waals surface area contributed by atoms with Crippen molar-refractivity contribution >= 4 is 28.6 Å². The van der Waals surface area contributed by atoms with E-state index in [-0.39, 0.29) is 11.9 Å². The highest BCUT2D eigenvalue weighted by Gasteiger charge is 2.18. The van der Waals surface area contributed by atoms with Gasteiger partial charge in [-0.15, -0.1) is 0 Å². The number of benzene rings is 2. The molecule has 1 heterocycles. The van der Waals surface area contributed by atoms with Crippen LogP contribution in [-0.2, 0) is 0 Å². The summed E-state index contributed by atoms with van der Waals surface area (Å²) in [4.78, 5) is 23.1. The van der Waals surface area contributed by atoms with Gasteiger partial charge in [0.25, 0.3) is 5.91 Å². The van der Waals surface area contributed by atoms with Crippen molar-refractivity contribution < 1.29 is 14.3 Å². The molecule has 1 unspecified atom stereocenters. The monoisotopic (exact) mass is 395 g/mol. The fraction of sp³-hybridized carbons (Fsp3) is 0.286. The van der Waals surface area contributed by atoms with Crippen LogP contribution in [-0.4, -0.2) is 54.6 Å². The number of hydrogen-bond donors (Lipinski definition) is 2. The van der Waals surface area contributed by atoms with Gasteiger partial charge in [0.1, 0.15) is 5.82 Å². The predicted octanol–water partition coefficient (Wildman–Crippen LogP) is 2.80. The first kappa shape index (κ1) is 20.2. The summed E-state index contributed by atoms with van der Waals surface area (Å²) in [6, 6.07) is 12.6. The van der Waals surface area contributed by atoms with Crippen molar-refractivity contribution in [2.45, 2.75) is 13.0 Å². The summed E-state index contributed by atoms with van der Waals surface area (Å²) in [5.41, 5.74) is 7.40. The first-order valence-corrected chi connectivity index (χ1v) is 9.20. The molecule has 0 aliphatic rings. The van der Waals surface area contributed by atoms with Crippen LogP contribution in [0.15, 0.2) is 42.5 Å². The zero-order chi connectivity index (χ0) is 21.0. The third-order valence-corrected chi connectivity index (χ3v) is 4.79. The van der Waals surface area contributed by atoms with Crippen LogP contribution in [0, 0.1) is 0 Å². The Morgan fingerprint density at radius 2 is 1.79 bits per heavy atom. The van der Waals surface area contributed by atoms with Gasteiger partial charge in [0.05, 0.1) is 19.7 Å². The molecule has 0 saturated heterocycles. The summed E-state index contributed by atoms with van der Waals surface area (Å²) in [6.45, 7) is 2.42. The smallest absolute Gasteiger partial charge is 0.253 e. The van der Waals surface area contributed by atoms with E-state index in [1.807, 2.05) is 25.1 Å². The van der Waals surface area contributed by atoms with Gasteiger partial charge in [0, 0.05) is 36.7 Å². The minimum atomic E-state index is -0.0892. The highest BCUT2D eigenvalue weighted by Crippen LogP contribution is 2.33. The van der Waals surface area contributed by atoms with Crippen LogP contribution in [0.3, 0.4) is 0 Å². The van der Waals surface area contributed by atoms with E-state index in [4.69, 9.17) is 15.2 Å². The third kappa shape index (κ3) is 4.31. The van der Waals surface area contributed by atoms with Gasteiger partial charge in [-0.3, -0.25) is 4.79 Å². The molecule has 1 amide bonds. The summed E-state index contributed by atoms with van der Waals surface area (Å²) in [5, 5.41) is 3.84. The van der Waals surface area contributed by atoms with Crippen LogP contribution in [0.5, 0.6) is 11.5 Å². The number of methoxy groups -OCH3 is 2. The van der Waals surface area contributed by atoms with Gasteiger partial charge in [0.15, 0.2) is 11.5 Å². The van der Waals surface area contributed by atoms with E-state index in [2.05, 4.69) is 15.3 Å². The molecule has 8 nitrogen and oxygen atoms in total. The number of rotatable bonds is 7. The second-order valence-corrected chi connectivity index (χ2v) is 6.67. The van der Waals surface area contributed by atoms with E-state index in [0.717, 1.165) is 0 Å². The molecule has 152 valence electrons. The summed E-state index contributed by atoms with van der Waals surface area (Å²) in [6.07, 6.45) is 0. The van der Waals surface area contributed by atoms with Crippen LogP contribution >= 0.6 is 0 Å². The van der Waals surface area contributed by atoms with E-state index in [1.165, 1.54) is 0 Å². The fourth-order valence-corrected chi connectivity index (χ4v) is 2.92. The van der Waals surface area contributed by atoms with Crippen LogP contribution in [0.4, 0.5) is 11.8 Å². The highest BCUT2D eigenvalue weighted by molar-refractivity contribution is 5.94. The molecule has 1 atom stereocenters. The Balaban J connectivity index is 1.75. The average molecular weight is 395 g/mol. The number of aromatic nitrogens is 2. The highest BCUT2D eigenvalue weighted by atomic mass is 16.5. The molecular formula is C21H25N5O3. The minimum Gasteiger partial charge on any atom is -0.493 e. The Hall–Kier alpha value is -3.55. The molecule has 3 N–H and O–H groups in total. The van der Waals surface area contributed by atoms with E-state index in [0.29, 0.717) is 46.3 Å². The van der Waals surface area contributed by atoms with Crippen molar-refractivity contribution in [3.63, 3.8) is 0 Å². The first-order chi connectivity index (χ1) is 13.9. The number of carbonyl (C=O) groups is 1. The van der Waals surface area contributed by atoms with Crippen molar-refractivity contribution in [1.82, 2.24) is 14.9 Å². The SMILES string of the molecule is COc1cc2nc(NCC(C)N(C)C(=O)c3ccccc3)nc(N)c2cc1OC. The summed E-state index contributed by atoms with van der Waals surface area (Å²) < 4.78 is 10.6. The summed E-state index contributed by atoms with van der Waals surface area (Å²) in [5.74, 6) is 1.79. The summed E-state index contributed by atoms with van der Waals surface area (Å²) in [7, 11) is 4.90. The third-order valence-electron chi connectivity index (χ3n) is 4.79. The second-order valence-electron chi connectivity index (χ2n) is 6.67. The maximum absolute atomic E-state index is 12.6. The number of ether oxygens (including phenoxy) is 2. The van der Waals surface area contributed by atoms with E-state index in [9.17, 15) is 4.79 Å². The molecule has 3 rings (SSSR count). The van der Waals surface area contributed by atoms with Gasteiger partial charge in [0.2, 0.25) is 5.95 Å². The van der Waals surface area contributed by atoms with Crippen molar-refractivity contribution in [2.75, 3.05) is 38.9 Å². The van der Waals surface area contributed by atoms with Gasteiger partial charge >= 0.3 is 0 Å². The molecule has 3 aromatic rings. The number of nitrogen functional groups attached to an aromatic ring is 1. The second kappa shape index (κ2) is 8.64. The molecule has 0 saturated carbocycles. The molecule has 0 aliphatic heterocycles. The van der Waals surface area contributed by atoms with E-state index < -0.39 is 0 Å². The number of nitrogens with zero attached hydrogens (tertiary/aromatic N) is 3. The minimum absolute atomic E-state index is 0.0457. The van der Waals surface area contributed by atoms with Crippen LogP contribution < -0.4 is 20.5 Å². The molecule has 8 heteroatoms. The number of amides is 1. The maximum atomic E-state index is 12.6. The summed E-state index contributed by atoms with van der Waals surface area (Å²) >= 11 is 0. The van der Waals surface area contributed by atoms with E-state index in [1.54, 1.807) is 50.4 Å². The number of nitrogens with one attached hydrogen (secondary N) is 1. The van der Waals surface area contributed by atoms with Crippen LogP contribution in [0.1, 0.15) is 17.3 Å². The molecule has 2 aromatic carbocycles. The molecule has 0 spiro atoms. The molecule has 0 bridgehead atoms. The standard InChI is InChI=1S/C21H25N5O3/c1-13(26(2)20(27)14-8-6-5-7-9-14)12-23-21-24-16-11-18(29-4)17(28-3)10-15(16)19(22)25-21/h5-11,13H,12H2,1-4H3,(H3,22,23,24,25). The van der Waals surface area contributed by atoms with Gasteiger partial charge in [-0.2, -0.15) is 4.98 Å². The normalized spacial score (nSPS) is 11.7. The average Bonchev–Trinajstić information content (AvgIpc) is 2.76. The van der Waals surface area contributed by atoms with Crippen molar-refractivity contribution in [3.05, 3.63) is 48.0 Å². The Morgan fingerprint density at radius 1 is 1.14 bits per heavy atom. The van der Waals surface area contributed by atoms with Crippen molar-refractivity contribution in [1.29, 1.82) is 0 Å². The van der Waals surface area contributed by atoms with Gasteiger partial charge in [-0.25, -0.2) is 4.98 Å². The molecule has 0 radical (unpaired) electrons. The molecule has 0 fully saturated rings. The maximum Gasteiger partial charge on any atom is 0.253 e. The predicted molar refractivity (Wildman–Crippen MR) is 114 cm³/mol. The van der Waals surface area contributed by atoms with Gasteiger partial charge in [-0.05, 0) is 25.1 Å². The zero-order valence-corrected chi connectivity index (χ0v) is 17.0. The van der Waals surface area contributed by atoms with Crippen molar-refractivity contribution in [2.24, 2.45) is 0 Å².